The number of amides is 1. The lowest BCUT2D eigenvalue weighted by molar-refractivity contribution is -0.140. The largest absolute Gasteiger partial charge is 0.392 e. The third kappa shape index (κ3) is 2.77. The lowest BCUT2D eigenvalue weighted by atomic mass is 9.80. The number of nitrogens with two attached hydrogens (primary N) is 1. The molecule has 17 heavy (non-hydrogen) atoms. The summed E-state index contributed by atoms with van der Waals surface area (Å²) in [6.45, 7) is 7.37. The molecule has 1 aliphatic heterocycles. The third-order valence-electron chi connectivity index (χ3n) is 3.88. The summed E-state index contributed by atoms with van der Waals surface area (Å²) in [7, 11) is 2.07. The van der Waals surface area contributed by atoms with Crippen LogP contribution in [0.25, 0.3) is 0 Å². The van der Waals surface area contributed by atoms with E-state index in [2.05, 4.69) is 11.9 Å². The van der Waals surface area contributed by atoms with Crippen molar-refractivity contribution >= 4 is 23.1 Å². The Hall–Kier alpha value is -0.680. The number of thiocarbonyl (C=S) groups is 1. The van der Waals surface area contributed by atoms with Crippen molar-refractivity contribution in [2.75, 3.05) is 33.2 Å². The fourth-order valence-electron chi connectivity index (χ4n) is 2.32. The topological polar surface area (TPSA) is 49.6 Å². The van der Waals surface area contributed by atoms with Gasteiger partial charge in [0.25, 0.3) is 0 Å². The maximum Gasteiger partial charge on any atom is 0.235 e. The molecule has 5 heteroatoms. The highest BCUT2D eigenvalue weighted by molar-refractivity contribution is 7.80. The number of carbonyl (C=O) groups excluding carboxylic acids is 1. The molecule has 1 saturated heterocycles. The Morgan fingerprint density at radius 1 is 1.24 bits per heavy atom. The van der Waals surface area contributed by atoms with E-state index >= 15 is 0 Å². The van der Waals surface area contributed by atoms with Crippen LogP contribution in [-0.4, -0.2) is 53.9 Å². The van der Waals surface area contributed by atoms with Crippen molar-refractivity contribution in [1.29, 1.82) is 0 Å². The second-order valence-electron chi connectivity index (χ2n) is 4.75. The van der Waals surface area contributed by atoms with Crippen molar-refractivity contribution in [2.45, 2.75) is 26.7 Å². The Morgan fingerprint density at radius 2 is 1.71 bits per heavy atom. The number of likely N-dealkylation sites (N-methyl/N-ethyl adjacent to an activating group) is 1. The Balaban J connectivity index is 2.82. The van der Waals surface area contributed by atoms with Gasteiger partial charge in [-0.1, -0.05) is 26.1 Å². The predicted octanol–water partition coefficient (Wildman–Crippen LogP) is 0.853. The first-order valence-electron chi connectivity index (χ1n) is 6.25. The van der Waals surface area contributed by atoms with Gasteiger partial charge in [-0.3, -0.25) is 4.79 Å². The Labute approximate surface area is 109 Å². The van der Waals surface area contributed by atoms with Gasteiger partial charge >= 0.3 is 0 Å². The highest BCUT2D eigenvalue weighted by Gasteiger charge is 2.41. The summed E-state index contributed by atoms with van der Waals surface area (Å²) in [5, 5.41) is 0. The molecule has 1 fully saturated rings. The lowest BCUT2D eigenvalue weighted by Crippen LogP contribution is -2.55. The van der Waals surface area contributed by atoms with E-state index in [1.807, 2.05) is 18.7 Å². The highest BCUT2D eigenvalue weighted by atomic mass is 32.1. The molecule has 0 unspecified atom stereocenters. The number of nitrogens with zero attached hydrogens (tertiary/aromatic N) is 2. The van der Waals surface area contributed by atoms with Gasteiger partial charge in [0.2, 0.25) is 5.91 Å². The van der Waals surface area contributed by atoms with Gasteiger partial charge in [-0.2, -0.15) is 0 Å². The fourth-order valence-corrected chi connectivity index (χ4v) is 2.69. The van der Waals surface area contributed by atoms with Crippen LogP contribution in [0, 0.1) is 5.41 Å². The number of hydrogen-bond acceptors (Lipinski definition) is 3. The van der Waals surface area contributed by atoms with Gasteiger partial charge < -0.3 is 15.5 Å². The van der Waals surface area contributed by atoms with E-state index < -0.39 is 5.41 Å². The molecule has 0 atom stereocenters. The third-order valence-corrected chi connectivity index (χ3v) is 4.27. The maximum atomic E-state index is 12.6. The van der Waals surface area contributed by atoms with E-state index in [0.717, 1.165) is 26.2 Å². The monoisotopic (exact) mass is 257 g/mol. The number of rotatable bonds is 4. The standard InChI is InChI=1S/C12H23N3OS/c1-4-12(5-2,10(13)17)11(16)15-8-6-14(3)7-9-15/h4-9H2,1-3H3,(H2,13,17). The quantitative estimate of drug-likeness (QED) is 0.759. The number of carbonyl (C=O) groups is 1. The molecular formula is C12H23N3OS. The van der Waals surface area contributed by atoms with Crippen LogP contribution in [0.4, 0.5) is 0 Å². The minimum atomic E-state index is -0.634. The van der Waals surface area contributed by atoms with Gasteiger partial charge in [0.15, 0.2) is 0 Å². The SMILES string of the molecule is CCC(CC)(C(=O)N1CCN(C)CC1)C(N)=S. The van der Waals surface area contributed by atoms with Crippen LogP contribution >= 0.6 is 12.2 Å². The molecule has 1 aliphatic rings. The molecule has 4 nitrogen and oxygen atoms in total. The zero-order valence-corrected chi connectivity index (χ0v) is 11.8. The van der Waals surface area contributed by atoms with E-state index in [-0.39, 0.29) is 5.91 Å². The normalized spacial score (nSPS) is 18.2. The smallest absolute Gasteiger partial charge is 0.235 e. The number of hydrogen-bond donors (Lipinski definition) is 1. The van der Waals surface area contributed by atoms with Crippen LogP contribution in [-0.2, 0) is 4.79 Å². The van der Waals surface area contributed by atoms with Crippen molar-refractivity contribution < 1.29 is 4.79 Å². The van der Waals surface area contributed by atoms with Gasteiger partial charge in [-0.05, 0) is 19.9 Å². The van der Waals surface area contributed by atoms with E-state index in [1.54, 1.807) is 0 Å². The molecule has 0 spiro atoms. The molecule has 0 aromatic carbocycles. The highest BCUT2D eigenvalue weighted by Crippen LogP contribution is 2.30. The van der Waals surface area contributed by atoms with E-state index in [4.69, 9.17) is 18.0 Å². The van der Waals surface area contributed by atoms with Gasteiger partial charge in [-0.25, -0.2) is 0 Å². The summed E-state index contributed by atoms with van der Waals surface area (Å²) in [4.78, 5) is 17.0. The lowest BCUT2D eigenvalue weighted by Gasteiger charge is -2.39. The molecule has 1 amide bonds. The van der Waals surface area contributed by atoms with E-state index in [9.17, 15) is 4.79 Å². The van der Waals surface area contributed by atoms with Crippen LogP contribution in [0.15, 0.2) is 0 Å². The van der Waals surface area contributed by atoms with Crippen molar-refractivity contribution in [1.82, 2.24) is 9.80 Å². The van der Waals surface area contributed by atoms with Crippen molar-refractivity contribution in [3.05, 3.63) is 0 Å². The first-order chi connectivity index (χ1) is 7.97. The summed E-state index contributed by atoms with van der Waals surface area (Å²) in [5.41, 5.74) is 5.17. The van der Waals surface area contributed by atoms with Crippen LogP contribution in [0.2, 0.25) is 0 Å². The predicted molar refractivity (Wildman–Crippen MR) is 73.9 cm³/mol. The van der Waals surface area contributed by atoms with Gasteiger partial charge in [-0.15, -0.1) is 0 Å². The molecule has 1 rings (SSSR count). The van der Waals surface area contributed by atoms with Gasteiger partial charge in [0, 0.05) is 26.2 Å². The first-order valence-corrected chi connectivity index (χ1v) is 6.66. The summed E-state index contributed by atoms with van der Waals surface area (Å²) in [5.74, 6) is 0.114. The second-order valence-corrected chi connectivity index (χ2v) is 5.19. The van der Waals surface area contributed by atoms with Gasteiger partial charge in [0.1, 0.15) is 0 Å². The minimum Gasteiger partial charge on any atom is -0.392 e. The van der Waals surface area contributed by atoms with Crippen molar-refractivity contribution in [3.8, 4) is 0 Å². The molecule has 0 aromatic rings. The average Bonchev–Trinajstić information content (AvgIpc) is 2.31. The Kier molecular flexibility index (Phi) is 4.89. The molecule has 0 bridgehead atoms. The van der Waals surface area contributed by atoms with Gasteiger partial charge in [0.05, 0.1) is 10.4 Å². The summed E-state index contributed by atoms with van der Waals surface area (Å²) in [6, 6.07) is 0. The molecule has 1 heterocycles. The zero-order chi connectivity index (χ0) is 13.1. The maximum absolute atomic E-state index is 12.6. The summed E-state index contributed by atoms with van der Waals surface area (Å²) < 4.78 is 0. The van der Waals surface area contributed by atoms with E-state index in [1.165, 1.54) is 0 Å². The summed E-state index contributed by atoms with van der Waals surface area (Å²) in [6.07, 6.45) is 1.37. The summed E-state index contributed by atoms with van der Waals surface area (Å²) >= 11 is 5.12. The Morgan fingerprint density at radius 3 is 2.06 bits per heavy atom. The molecule has 0 aliphatic carbocycles. The second kappa shape index (κ2) is 5.78. The van der Waals surface area contributed by atoms with Crippen molar-refractivity contribution in [2.24, 2.45) is 11.1 Å². The van der Waals surface area contributed by atoms with E-state index in [0.29, 0.717) is 17.8 Å². The average molecular weight is 257 g/mol. The zero-order valence-electron chi connectivity index (χ0n) is 11.0. The van der Waals surface area contributed by atoms with Crippen LogP contribution in [0.5, 0.6) is 0 Å². The molecule has 0 aromatic heterocycles. The molecule has 0 radical (unpaired) electrons. The minimum absolute atomic E-state index is 0.114. The first kappa shape index (κ1) is 14.4. The molecule has 98 valence electrons. The van der Waals surface area contributed by atoms with Crippen molar-refractivity contribution in [3.63, 3.8) is 0 Å². The fraction of sp³-hybridized carbons (Fsp3) is 0.833. The van der Waals surface area contributed by atoms with Crippen LogP contribution in [0.1, 0.15) is 26.7 Å². The Bertz CT molecular complexity index is 294. The molecular weight excluding hydrogens is 234 g/mol. The number of piperazine rings is 1. The molecule has 2 N–H and O–H groups in total. The molecule has 0 saturated carbocycles. The van der Waals surface area contributed by atoms with Crippen LogP contribution in [0.3, 0.4) is 0 Å². The van der Waals surface area contributed by atoms with Crippen LogP contribution < -0.4 is 5.73 Å².